The van der Waals surface area contributed by atoms with E-state index in [0.717, 1.165) is 37.4 Å². The minimum absolute atomic E-state index is 0.182. The Morgan fingerprint density at radius 3 is 3.06 bits per heavy atom. The molecule has 0 unspecified atom stereocenters. The number of thiophene rings is 1. The van der Waals surface area contributed by atoms with Gasteiger partial charge in [0, 0.05) is 24.5 Å². The molecule has 0 fully saturated rings. The van der Waals surface area contributed by atoms with E-state index in [1.807, 2.05) is 19.1 Å². The molecule has 0 bridgehead atoms. The van der Waals surface area contributed by atoms with Gasteiger partial charge in [0.05, 0.1) is 6.61 Å². The van der Waals surface area contributed by atoms with Crippen molar-refractivity contribution < 1.29 is 9.53 Å². The molecular weight excluding hydrogens is 246 g/mol. The SMILES string of the molecule is C=CCN1CCc2cc(C(=O)OCC)sc2CC1. The summed E-state index contributed by atoms with van der Waals surface area (Å²) in [4.78, 5) is 16.2. The third kappa shape index (κ3) is 3.00. The second kappa shape index (κ2) is 6.16. The normalized spacial score (nSPS) is 15.8. The van der Waals surface area contributed by atoms with Crippen LogP contribution in [0.5, 0.6) is 0 Å². The van der Waals surface area contributed by atoms with Crippen LogP contribution in [-0.4, -0.2) is 37.1 Å². The van der Waals surface area contributed by atoms with Gasteiger partial charge in [0.25, 0.3) is 0 Å². The first kappa shape index (κ1) is 13.3. The zero-order valence-electron chi connectivity index (χ0n) is 10.8. The van der Waals surface area contributed by atoms with E-state index in [1.165, 1.54) is 10.4 Å². The second-order valence-corrected chi connectivity index (χ2v) is 5.51. The Morgan fingerprint density at radius 2 is 2.33 bits per heavy atom. The van der Waals surface area contributed by atoms with Crippen LogP contribution < -0.4 is 0 Å². The summed E-state index contributed by atoms with van der Waals surface area (Å²) in [6.07, 6.45) is 3.98. The van der Waals surface area contributed by atoms with Crippen LogP contribution in [0.1, 0.15) is 27.0 Å². The summed E-state index contributed by atoms with van der Waals surface area (Å²) in [5, 5.41) is 0. The van der Waals surface area contributed by atoms with Crippen molar-refractivity contribution in [3.05, 3.63) is 34.0 Å². The topological polar surface area (TPSA) is 29.5 Å². The van der Waals surface area contributed by atoms with Gasteiger partial charge in [-0.3, -0.25) is 4.90 Å². The number of ether oxygens (including phenoxy) is 1. The van der Waals surface area contributed by atoms with Gasteiger partial charge in [-0.25, -0.2) is 4.79 Å². The fraction of sp³-hybridized carbons (Fsp3) is 0.500. The lowest BCUT2D eigenvalue weighted by Crippen LogP contribution is -2.26. The van der Waals surface area contributed by atoms with Gasteiger partial charge in [0.2, 0.25) is 0 Å². The van der Waals surface area contributed by atoms with E-state index < -0.39 is 0 Å². The average molecular weight is 265 g/mol. The molecule has 0 spiro atoms. The predicted molar refractivity (Wildman–Crippen MR) is 74.3 cm³/mol. The zero-order chi connectivity index (χ0) is 13.0. The minimum Gasteiger partial charge on any atom is -0.462 e. The molecule has 0 aromatic carbocycles. The number of hydrogen-bond acceptors (Lipinski definition) is 4. The third-order valence-corrected chi connectivity index (χ3v) is 4.33. The van der Waals surface area contributed by atoms with E-state index in [4.69, 9.17) is 4.74 Å². The average Bonchev–Trinajstić information content (AvgIpc) is 2.68. The standard InChI is InChI=1S/C14H19NO2S/c1-3-7-15-8-5-11-10-13(14(16)17-4-2)18-12(11)6-9-15/h3,10H,1,4-9H2,2H3. The molecule has 98 valence electrons. The number of fused-ring (bicyclic) bond motifs is 1. The van der Waals surface area contributed by atoms with Crippen LogP contribution in [-0.2, 0) is 17.6 Å². The maximum absolute atomic E-state index is 11.7. The van der Waals surface area contributed by atoms with Crippen LogP contribution in [0.2, 0.25) is 0 Å². The van der Waals surface area contributed by atoms with Gasteiger partial charge < -0.3 is 4.74 Å². The molecule has 0 radical (unpaired) electrons. The Labute approximate surface area is 112 Å². The first-order valence-corrected chi connectivity index (χ1v) is 7.18. The predicted octanol–water partition coefficient (Wildman–Crippen LogP) is 2.51. The summed E-state index contributed by atoms with van der Waals surface area (Å²) >= 11 is 1.59. The summed E-state index contributed by atoms with van der Waals surface area (Å²) in [7, 11) is 0. The molecule has 2 rings (SSSR count). The molecule has 0 atom stereocenters. The fourth-order valence-electron chi connectivity index (χ4n) is 2.21. The number of carbonyl (C=O) groups excluding carboxylic acids is 1. The molecule has 2 heterocycles. The van der Waals surface area contributed by atoms with Crippen LogP contribution >= 0.6 is 11.3 Å². The summed E-state index contributed by atoms with van der Waals surface area (Å²) in [6.45, 7) is 9.08. The highest BCUT2D eigenvalue weighted by Crippen LogP contribution is 2.26. The minimum atomic E-state index is -0.182. The molecule has 1 aromatic rings. The molecule has 1 aliphatic rings. The number of rotatable bonds is 4. The Hall–Kier alpha value is -1.13. The van der Waals surface area contributed by atoms with E-state index in [1.54, 1.807) is 11.3 Å². The van der Waals surface area contributed by atoms with Gasteiger partial charge >= 0.3 is 5.97 Å². The highest BCUT2D eigenvalue weighted by atomic mass is 32.1. The van der Waals surface area contributed by atoms with Crippen LogP contribution in [0.25, 0.3) is 0 Å². The van der Waals surface area contributed by atoms with E-state index >= 15 is 0 Å². The van der Waals surface area contributed by atoms with Gasteiger partial charge in [-0.1, -0.05) is 6.08 Å². The van der Waals surface area contributed by atoms with Crippen molar-refractivity contribution in [2.75, 3.05) is 26.2 Å². The summed E-state index contributed by atoms with van der Waals surface area (Å²) in [5.41, 5.74) is 1.31. The highest BCUT2D eigenvalue weighted by Gasteiger charge is 2.19. The quantitative estimate of drug-likeness (QED) is 0.619. The van der Waals surface area contributed by atoms with Gasteiger partial charge in [-0.15, -0.1) is 17.9 Å². The number of nitrogens with zero attached hydrogens (tertiary/aromatic N) is 1. The molecule has 0 aliphatic carbocycles. The van der Waals surface area contributed by atoms with E-state index in [-0.39, 0.29) is 5.97 Å². The number of esters is 1. The Morgan fingerprint density at radius 1 is 1.56 bits per heavy atom. The molecule has 3 nitrogen and oxygen atoms in total. The summed E-state index contributed by atoms with van der Waals surface area (Å²) in [6, 6.07) is 2.01. The zero-order valence-corrected chi connectivity index (χ0v) is 11.6. The van der Waals surface area contributed by atoms with E-state index in [0.29, 0.717) is 6.61 Å². The molecule has 4 heteroatoms. The summed E-state index contributed by atoms with van der Waals surface area (Å²) in [5.74, 6) is -0.182. The van der Waals surface area contributed by atoms with Crippen molar-refractivity contribution in [3.8, 4) is 0 Å². The molecule has 0 N–H and O–H groups in total. The fourth-order valence-corrected chi connectivity index (χ4v) is 3.30. The van der Waals surface area contributed by atoms with Crippen LogP contribution in [0.4, 0.5) is 0 Å². The lowest BCUT2D eigenvalue weighted by molar-refractivity contribution is 0.0532. The smallest absolute Gasteiger partial charge is 0.348 e. The van der Waals surface area contributed by atoms with Gasteiger partial charge in [-0.2, -0.15) is 0 Å². The van der Waals surface area contributed by atoms with Crippen molar-refractivity contribution in [2.45, 2.75) is 19.8 Å². The first-order chi connectivity index (χ1) is 8.74. The molecule has 0 amide bonds. The van der Waals surface area contributed by atoms with Crippen LogP contribution in [0.3, 0.4) is 0 Å². The Kier molecular flexibility index (Phi) is 4.55. The molecular formula is C14H19NO2S. The second-order valence-electron chi connectivity index (χ2n) is 4.37. The molecule has 18 heavy (non-hydrogen) atoms. The maximum Gasteiger partial charge on any atom is 0.348 e. The monoisotopic (exact) mass is 265 g/mol. The number of carbonyl (C=O) groups is 1. The lowest BCUT2D eigenvalue weighted by atomic mass is 10.1. The molecule has 0 saturated heterocycles. The largest absolute Gasteiger partial charge is 0.462 e. The Balaban J connectivity index is 2.07. The maximum atomic E-state index is 11.7. The van der Waals surface area contributed by atoms with Gasteiger partial charge in [0.15, 0.2) is 0 Å². The van der Waals surface area contributed by atoms with Crippen LogP contribution in [0.15, 0.2) is 18.7 Å². The van der Waals surface area contributed by atoms with E-state index in [9.17, 15) is 4.79 Å². The van der Waals surface area contributed by atoms with E-state index in [2.05, 4.69) is 11.5 Å². The third-order valence-electron chi connectivity index (χ3n) is 3.11. The first-order valence-electron chi connectivity index (χ1n) is 6.36. The van der Waals surface area contributed by atoms with Crippen molar-refractivity contribution in [1.29, 1.82) is 0 Å². The lowest BCUT2D eigenvalue weighted by Gasteiger charge is -2.16. The number of hydrogen-bond donors (Lipinski definition) is 0. The van der Waals surface area contributed by atoms with Crippen molar-refractivity contribution in [1.82, 2.24) is 4.90 Å². The van der Waals surface area contributed by atoms with Crippen LogP contribution in [0, 0.1) is 0 Å². The summed E-state index contributed by atoms with van der Waals surface area (Å²) < 4.78 is 5.04. The molecule has 1 aliphatic heterocycles. The molecule has 1 aromatic heterocycles. The molecule has 0 saturated carbocycles. The van der Waals surface area contributed by atoms with Crippen molar-refractivity contribution in [2.24, 2.45) is 0 Å². The van der Waals surface area contributed by atoms with Crippen molar-refractivity contribution >= 4 is 17.3 Å². The Bertz CT molecular complexity index is 414. The van der Waals surface area contributed by atoms with Crippen molar-refractivity contribution in [3.63, 3.8) is 0 Å². The highest BCUT2D eigenvalue weighted by molar-refractivity contribution is 7.14. The van der Waals surface area contributed by atoms with Gasteiger partial charge in [0.1, 0.15) is 4.88 Å². The van der Waals surface area contributed by atoms with Gasteiger partial charge in [-0.05, 0) is 31.4 Å².